The van der Waals surface area contributed by atoms with E-state index in [0.29, 0.717) is 6.42 Å². The quantitative estimate of drug-likeness (QED) is 0.774. The molecule has 0 atom stereocenters. The maximum Gasteiger partial charge on any atom is 0.117 e. The van der Waals surface area contributed by atoms with Gasteiger partial charge in [-0.25, -0.2) is 0 Å². The summed E-state index contributed by atoms with van der Waals surface area (Å²) in [7, 11) is 0. The molecule has 1 aromatic heterocycles. The second kappa shape index (κ2) is 3.32. The number of fused-ring (bicyclic) bond motifs is 1. The Morgan fingerprint density at radius 3 is 3.00 bits per heavy atom. The van der Waals surface area contributed by atoms with Crippen LogP contribution >= 0.6 is 11.3 Å². The van der Waals surface area contributed by atoms with Crippen LogP contribution in [-0.4, -0.2) is 5.11 Å². The summed E-state index contributed by atoms with van der Waals surface area (Å²) in [4.78, 5) is 1.09. The van der Waals surface area contributed by atoms with Crippen LogP contribution in [0.25, 0.3) is 10.1 Å². The highest BCUT2D eigenvalue weighted by molar-refractivity contribution is 7.19. The van der Waals surface area contributed by atoms with Crippen molar-refractivity contribution in [2.75, 3.05) is 0 Å². The molecule has 0 bridgehead atoms. The Morgan fingerprint density at radius 2 is 2.29 bits per heavy atom. The Bertz CT molecular complexity index is 522. The van der Waals surface area contributed by atoms with Gasteiger partial charge in [0, 0.05) is 9.58 Å². The predicted molar refractivity (Wildman–Crippen MR) is 57.5 cm³/mol. The van der Waals surface area contributed by atoms with Crippen molar-refractivity contribution in [3.05, 3.63) is 28.6 Å². The van der Waals surface area contributed by atoms with Crippen molar-refractivity contribution in [1.82, 2.24) is 0 Å². The molecule has 0 radical (unpaired) electrons. The van der Waals surface area contributed by atoms with Crippen molar-refractivity contribution in [2.45, 2.75) is 13.3 Å². The van der Waals surface area contributed by atoms with Crippen LogP contribution in [0.5, 0.6) is 5.75 Å². The summed E-state index contributed by atoms with van der Waals surface area (Å²) in [6.45, 7) is 2.02. The second-order valence-electron chi connectivity index (χ2n) is 3.17. The first-order valence-corrected chi connectivity index (χ1v) is 5.12. The summed E-state index contributed by atoms with van der Waals surface area (Å²) in [6, 6.07) is 7.47. The monoisotopic (exact) mass is 203 g/mol. The van der Waals surface area contributed by atoms with Gasteiger partial charge in [-0.15, -0.1) is 11.3 Å². The van der Waals surface area contributed by atoms with E-state index in [4.69, 9.17) is 5.26 Å². The minimum absolute atomic E-state index is 0.280. The van der Waals surface area contributed by atoms with E-state index in [2.05, 4.69) is 6.07 Å². The van der Waals surface area contributed by atoms with Crippen LogP contribution in [0.4, 0.5) is 0 Å². The summed E-state index contributed by atoms with van der Waals surface area (Å²) in [5.74, 6) is 0.280. The average molecular weight is 203 g/mol. The van der Waals surface area contributed by atoms with E-state index in [-0.39, 0.29) is 5.75 Å². The van der Waals surface area contributed by atoms with E-state index in [9.17, 15) is 5.11 Å². The van der Waals surface area contributed by atoms with Crippen LogP contribution in [0.15, 0.2) is 18.2 Å². The number of nitrogens with zero attached hydrogens (tertiary/aromatic N) is 1. The van der Waals surface area contributed by atoms with Crippen LogP contribution in [0.2, 0.25) is 0 Å². The lowest BCUT2D eigenvalue weighted by Crippen LogP contribution is -1.77. The predicted octanol–water partition coefficient (Wildman–Crippen LogP) is 2.98. The molecule has 0 amide bonds. The SMILES string of the molecule is Cc1c(CC#N)sc2cc(O)ccc12. The lowest BCUT2D eigenvalue weighted by Gasteiger charge is -1.92. The van der Waals surface area contributed by atoms with Gasteiger partial charge in [0.1, 0.15) is 5.75 Å². The fourth-order valence-corrected chi connectivity index (χ4v) is 2.68. The normalized spacial score (nSPS) is 10.3. The molecule has 2 nitrogen and oxygen atoms in total. The van der Waals surface area contributed by atoms with Gasteiger partial charge < -0.3 is 5.11 Å². The lowest BCUT2D eigenvalue weighted by molar-refractivity contribution is 0.476. The Kier molecular flexibility index (Phi) is 2.14. The number of aromatic hydroxyl groups is 1. The van der Waals surface area contributed by atoms with Gasteiger partial charge >= 0.3 is 0 Å². The first kappa shape index (κ1) is 9.04. The summed E-state index contributed by atoms with van der Waals surface area (Å²) < 4.78 is 1.05. The number of thiophene rings is 1. The van der Waals surface area contributed by atoms with E-state index in [1.165, 1.54) is 0 Å². The summed E-state index contributed by atoms with van der Waals surface area (Å²) in [5, 5.41) is 19.1. The lowest BCUT2D eigenvalue weighted by atomic mass is 10.1. The molecule has 0 aliphatic rings. The van der Waals surface area contributed by atoms with Crippen LogP contribution in [-0.2, 0) is 6.42 Å². The Hall–Kier alpha value is -1.53. The third-order valence-corrected chi connectivity index (χ3v) is 3.51. The molecule has 0 fully saturated rings. The molecule has 14 heavy (non-hydrogen) atoms. The highest BCUT2D eigenvalue weighted by atomic mass is 32.1. The molecule has 0 aliphatic carbocycles. The first-order valence-electron chi connectivity index (χ1n) is 4.30. The van der Waals surface area contributed by atoms with Crippen LogP contribution in [0, 0.1) is 18.3 Å². The highest BCUT2D eigenvalue weighted by Crippen LogP contribution is 2.33. The number of nitriles is 1. The zero-order chi connectivity index (χ0) is 10.1. The maximum absolute atomic E-state index is 9.30. The third-order valence-electron chi connectivity index (χ3n) is 2.26. The molecule has 0 spiro atoms. The van der Waals surface area contributed by atoms with Gasteiger partial charge in [0.15, 0.2) is 0 Å². The van der Waals surface area contributed by atoms with Gasteiger partial charge in [0.05, 0.1) is 12.5 Å². The van der Waals surface area contributed by atoms with E-state index in [0.717, 1.165) is 20.5 Å². The van der Waals surface area contributed by atoms with Gasteiger partial charge in [0.2, 0.25) is 0 Å². The number of phenolic OH excluding ortho intramolecular Hbond substituents is 1. The first-order chi connectivity index (χ1) is 6.72. The molecule has 2 aromatic rings. The van der Waals surface area contributed by atoms with Crippen LogP contribution in [0.3, 0.4) is 0 Å². The van der Waals surface area contributed by atoms with Crippen molar-refractivity contribution < 1.29 is 5.11 Å². The van der Waals surface area contributed by atoms with Crippen molar-refractivity contribution >= 4 is 21.4 Å². The number of rotatable bonds is 1. The molecular weight excluding hydrogens is 194 g/mol. The molecule has 1 aromatic carbocycles. The number of phenols is 1. The standard InChI is InChI=1S/C11H9NOS/c1-7-9-3-2-8(13)6-11(9)14-10(7)4-5-12/h2-3,6,13H,4H2,1H3. The van der Waals surface area contributed by atoms with Gasteiger partial charge in [-0.1, -0.05) is 0 Å². The molecule has 0 unspecified atom stereocenters. The summed E-state index contributed by atoms with van der Waals surface area (Å²) in [5.41, 5.74) is 1.16. The number of hydrogen-bond donors (Lipinski definition) is 1. The van der Waals surface area contributed by atoms with Crippen LogP contribution < -0.4 is 0 Å². The van der Waals surface area contributed by atoms with E-state index in [1.54, 1.807) is 23.5 Å². The smallest absolute Gasteiger partial charge is 0.117 e. The van der Waals surface area contributed by atoms with Crippen molar-refractivity contribution in [2.24, 2.45) is 0 Å². The van der Waals surface area contributed by atoms with E-state index < -0.39 is 0 Å². The largest absolute Gasteiger partial charge is 0.508 e. The molecule has 1 heterocycles. The third kappa shape index (κ3) is 1.34. The minimum atomic E-state index is 0.280. The molecule has 0 aliphatic heterocycles. The molecular formula is C11H9NOS. The minimum Gasteiger partial charge on any atom is -0.508 e. The number of hydrogen-bond acceptors (Lipinski definition) is 3. The van der Waals surface area contributed by atoms with Crippen molar-refractivity contribution in [3.8, 4) is 11.8 Å². The Labute approximate surface area is 86.0 Å². The molecule has 2 rings (SSSR count). The fourth-order valence-electron chi connectivity index (χ4n) is 1.51. The molecule has 3 heteroatoms. The van der Waals surface area contributed by atoms with Gasteiger partial charge in [-0.3, -0.25) is 0 Å². The highest BCUT2D eigenvalue weighted by Gasteiger charge is 2.07. The fraction of sp³-hybridized carbons (Fsp3) is 0.182. The average Bonchev–Trinajstić information content (AvgIpc) is 2.44. The molecule has 70 valence electrons. The van der Waals surface area contributed by atoms with Gasteiger partial charge in [0.25, 0.3) is 0 Å². The summed E-state index contributed by atoms with van der Waals surface area (Å²) in [6.07, 6.45) is 0.450. The molecule has 0 saturated carbocycles. The second-order valence-corrected chi connectivity index (χ2v) is 4.30. The Morgan fingerprint density at radius 1 is 1.50 bits per heavy atom. The zero-order valence-corrected chi connectivity index (χ0v) is 8.56. The maximum atomic E-state index is 9.30. The number of aryl methyl sites for hydroxylation is 1. The van der Waals surface area contributed by atoms with Gasteiger partial charge in [-0.05, 0) is 36.1 Å². The number of benzene rings is 1. The van der Waals surface area contributed by atoms with Crippen LogP contribution in [0.1, 0.15) is 10.4 Å². The van der Waals surface area contributed by atoms with E-state index >= 15 is 0 Å². The topological polar surface area (TPSA) is 44.0 Å². The van der Waals surface area contributed by atoms with Crippen molar-refractivity contribution in [3.63, 3.8) is 0 Å². The van der Waals surface area contributed by atoms with Crippen molar-refractivity contribution in [1.29, 1.82) is 5.26 Å². The van der Waals surface area contributed by atoms with E-state index in [1.807, 2.05) is 13.0 Å². The molecule has 1 N–H and O–H groups in total. The zero-order valence-electron chi connectivity index (χ0n) is 7.74. The van der Waals surface area contributed by atoms with Gasteiger partial charge in [-0.2, -0.15) is 5.26 Å². The Balaban J connectivity index is 2.68. The molecule has 0 saturated heterocycles. The summed E-state index contributed by atoms with van der Waals surface area (Å²) >= 11 is 1.58.